The molecule has 23 heteroatoms. The van der Waals surface area contributed by atoms with Crippen LogP contribution in [0.5, 0.6) is 0 Å². The van der Waals surface area contributed by atoms with Gasteiger partial charge in [0.25, 0.3) is 5.56 Å². The number of rotatable bonds is 24. The third kappa shape index (κ3) is 12.0. The third-order valence-electron chi connectivity index (χ3n) is 14.3. The number of esters is 1. The van der Waals surface area contributed by atoms with Crippen LogP contribution in [0.4, 0.5) is 4.39 Å². The van der Waals surface area contributed by atoms with E-state index in [1.165, 1.54) is 27.3 Å². The summed E-state index contributed by atoms with van der Waals surface area (Å²) in [5, 5.41) is 24.4. The largest absolute Gasteiger partial charge is 0.458 e. The molecule has 1 fully saturated rings. The van der Waals surface area contributed by atoms with E-state index in [9.17, 15) is 48.3 Å². The third-order valence-corrected chi connectivity index (χ3v) is 15.2. The summed E-state index contributed by atoms with van der Waals surface area (Å²) in [6, 6.07) is 10.7. The first-order valence-electron chi connectivity index (χ1n) is 25.3. The molecule has 1 unspecified atom stereocenters. The monoisotopic (exact) mass is 1070 g/mol. The Morgan fingerprint density at radius 2 is 1.66 bits per heavy atom. The predicted octanol–water partition coefficient (Wildman–Crippen LogP) is 1.75. The smallest absolute Gasteiger partial charge is 0.343 e. The number of unbranched alkanes of at least 4 members (excludes halogenated alkanes) is 2. The molecular formula is C53H61FN8O13S. The van der Waals surface area contributed by atoms with Gasteiger partial charge in [-0.3, -0.25) is 43.3 Å². The Morgan fingerprint density at radius 3 is 2.41 bits per heavy atom. The minimum Gasteiger partial charge on any atom is -0.458 e. The lowest BCUT2D eigenvalue weighted by Crippen LogP contribution is -2.52. The number of carbonyl (C=O) groups is 8. The number of cyclic esters (lactones) is 1. The summed E-state index contributed by atoms with van der Waals surface area (Å²) in [7, 11) is 0. The molecule has 0 radical (unpaired) electrons. The van der Waals surface area contributed by atoms with Crippen molar-refractivity contribution in [2.75, 3.05) is 52.4 Å². The van der Waals surface area contributed by atoms with E-state index < -0.39 is 71.8 Å². The van der Waals surface area contributed by atoms with E-state index in [-0.39, 0.29) is 99.4 Å². The molecule has 21 nitrogen and oxygen atoms in total. The first kappa shape index (κ1) is 55.2. The second-order valence-electron chi connectivity index (χ2n) is 19.1. The summed E-state index contributed by atoms with van der Waals surface area (Å²) in [6.45, 7) is 2.05. The van der Waals surface area contributed by atoms with E-state index in [0.717, 1.165) is 22.1 Å². The number of thioether (sulfide) groups is 1. The number of aryl methyl sites for hydroxylation is 1. The van der Waals surface area contributed by atoms with Gasteiger partial charge in [0, 0.05) is 48.4 Å². The fourth-order valence-electron chi connectivity index (χ4n) is 10.1. The number of halogens is 1. The van der Waals surface area contributed by atoms with Crippen LogP contribution in [-0.2, 0) is 84.2 Å². The van der Waals surface area contributed by atoms with Gasteiger partial charge in [0.15, 0.2) is 5.60 Å². The number of aliphatic hydroxyl groups is 1. The van der Waals surface area contributed by atoms with Crippen LogP contribution in [0.2, 0.25) is 0 Å². The van der Waals surface area contributed by atoms with Crippen LogP contribution in [0.3, 0.4) is 0 Å². The van der Waals surface area contributed by atoms with E-state index in [0.29, 0.717) is 66.7 Å². The average molecular weight is 1070 g/mol. The topological polar surface area (TPSA) is 283 Å². The molecule has 404 valence electrons. The summed E-state index contributed by atoms with van der Waals surface area (Å²) in [4.78, 5) is 121. The number of nitrogens with one attached hydrogen (secondary N) is 5. The number of amides is 7. The molecule has 4 aliphatic rings. The van der Waals surface area contributed by atoms with Gasteiger partial charge in [0.2, 0.25) is 41.4 Å². The predicted molar refractivity (Wildman–Crippen MR) is 273 cm³/mol. The standard InChI is InChI=1S/C53H61FN8O13S/c1-4-53(72)34-20-38-48-32(26-62(38)50(69)33(34)27-75-52(53)71)47-39(15-14-31-29(2)35(54)21-36(60-48)46(31)47)74-18-17-73-28-58-43(65)24-57-49(68)37(19-30-11-7-5-8-12-30)59-44(66)25-56-42(64)23-55-41(63)13-9-6-10-16-61-45(67)22-40(76-3)51(61)70/h5,7-8,11-12,20-21,37,39-40,72H,4,6,9-10,13-19,22-28H2,1-3H3,(H,55,63)(H,56,64)(H,57,68)(H,58,65)(H,59,66)/t37-,39-,40?,53-/m0/s1. The zero-order chi connectivity index (χ0) is 54.3. The molecule has 3 aliphatic heterocycles. The summed E-state index contributed by atoms with van der Waals surface area (Å²) in [5.41, 5.74) is 2.58. The number of aromatic nitrogens is 2. The Kier molecular flexibility index (Phi) is 17.6. The molecule has 7 amide bonds. The quantitative estimate of drug-likeness (QED) is 0.0222. The molecule has 2 aromatic carbocycles. The van der Waals surface area contributed by atoms with Gasteiger partial charge >= 0.3 is 5.97 Å². The number of hydrogen-bond acceptors (Lipinski definition) is 15. The summed E-state index contributed by atoms with van der Waals surface area (Å²) >= 11 is 1.35. The lowest BCUT2D eigenvalue weighted by atomic mass is 9.82. The number of carbonyl (C=O) groups excluding carboxylic acids is 8. The number of likely N-dealkylation sites (tertiary alicyclic amines) is 1. The number of imide groups is 1. The zero-order valence-corrected chi connectivity index (χ0v) is 43.3. The van der Waals surface area contributed by atoms with E-state index in [1.54, 1.807) is 56.5 Å². The Balaban J connectivity index is 0.781. The second-order valence-corrected chi connectivity index (χ2v) is 20.1. The molecule has 6 N–H and O–H groups in total. The van der Waals surface area contributed by atoms with E-state index in [1.807, 2.05) is 0 Å². The highest BCUT2D eigenvalue weighted by molar-refractivity contribution is 8.00. The maximum absolute atomic E-state index is 15.3. The lowest BCUT2D eigenvalue weighted by molar-refractivity contribution is -0.172. The fourth-order valence-corrected chi connectivity index (χ4v) is 10.7. The molecule has 4 atom stereocenters. The maximum Gasteiger partial charge on any atom is 0.343 e. The number of benzene rings is 2. The van der Waals surface area contributed by atoms with Crippen LogP contribution in [0.25, 0.3) is 22.3 Å². The molecule has 1 aliphatic carbocycles. The molecular weight excluding hydrogens is 1010 g/mol. The fraction of sp³-hybridized carbons (Fsp3) is 0.472. The van der Waals surface area contributed by atoms with Crippen molar-refractivity contribution in [2.45, 2.75) is 108 Å². The Labute approximate surface area is 440 Å². The van der Waals surface area contributed by atoms with Crippen molar-refractivity contribution in [2.24, 2.45) is 0 Å². The molecule has 0 spiro atoms. The average Bonchev–Trinajstić information content (AvgIpc) is 3.93. The van der Waals surface area contributed by atoms with Gasteiger partial charge in [0.1, 0.15) is 25.2 Å². The molecule has 4 aromatic rings. The zero-order valence-electron chi connectivity index (χ0n) is 42.5. The molecule has 1 saturated heterocycles. The van der Waals surface area contributed by atoms with Gasteiger partial charge in [-0.1, -0.05) is 43.7 Å². The number of ether oxygens (including phenoxy) is 3. The second kappa shape index (κ2) is 24.3. The first-order chi connectivity index (χ1) is 36.5. The van der Waals surface area contributed by atoms with Gasteiger partial charge in [-0.05, 0) is 73.6 Å². The minimum absolute atomic E-state index is 0.0204. The highest BCUT2D eigenvalue weighted by Gasteiger charge is 2.46. The van der Waals surface area contributed by atoms with Crippen LogP contribution in [0, 0.1) is 12.7 Å². The Morgan fingerprint density at radius 1 is 0.921 bits per heavy atom. The summed E-state index contributed by atoms with van der Waals surface area (Å²) < 4.78 is 34.2. The highest BCUT2D eigenvalue weighted by atomic mass is 32.2. The van der Waals surface area contributed by atoms with Crippen LogP contribution in [-0.4, -0.2) is 131 Å². The van der Waals surface area contributed by atoms with Crippen LogP contribution in [0.1, 0.15) is 96.9 Å². The van der Waals surface area contributed by atoms with E-state index in [2.05, 4.69) is 26.6 Å². The van der Waals surface area contributed by atoms with Crippen molar-refractivity contribution in [3.8, 4) is 11.4 Å². The van der Waals surface area contributed by atoms with Crippen molar-refractivity contribution < 1.29 is 62.1 Å². The van der Waals surface area contributed by atoms with E-state index in [4.69, 9.17) is 19.2 Å². The Hall–Kier alpha value is -7.08. The van der Waals surface area contributed by atoms with Gasteiger partial charge in [-0.25, -0.2) is 14.2 Å². The molecule has 76 heavy (non-hydrogen) atoms. The van der Waals surface area contributed by atoms with Crippen LogP contribution in [0.15, 0.2) is 47.3 Å². The van der Waals surface area contributed by atoms with Gasteiger partial charge in [-0.15, -0.1) is 0 Å². The number of hydrogen-bond donors (Lipinski definition) is 6. The van der Waals surface area contributed by atoms with Gasteiger partial charge in [-0.2, -0.15) is 11.8 Å². The lowest BCUT2D eigenvalue weighted by Gasteiger charge is -2.31. The molecule has 5 heterocycles. The van der Waals surface area contributed by atoms with Crippen molar-refractivity contribution >= 4 is 70.0 Å². The number of fused-ring (bicyclic) bond motifs is 5. The molecule has 2 aromatic heterocycles. The summed E-state index contributed by atoms with van der Waals surface area (Å²) in [6.07, 6.45) is 4.28. The van der Waals surface area contributed by atoms with Crippen molar-refractivity contribution in [1.82, 2.24) is 41.0 Å². The molecule has 8 rings (SSSR count). The number of pyridine rings is 2. The van der Waals surface area contributed by atoms with Gasteiger partial charge in [0.05, 0.1) is 73.2 Å². The van der Waals surface area contributed by atoms with Crippen molar-refractivity contribution in [3.63, 3.8) is 0 Å². The maximum atomic E-state index is 15.3. The summed E-state index contributed by atoms with van der Waals surface area (Å²) in [5.74, 6) is -4.58. The van der Waals surface area contributed by atoms with E-state index >= 15 is 4.39 Å². The first-order valence-corrected chi connectivity index (χ1v) is 26.6. The van der Waals surface area contributed by atoms with Crippen molar-refractivity contribution in [3.05, 3.63) is 97.6 Å². The van der Waals surface area contributed by atoms with Crippen LogP contribution < -0.4 is 32.1 Å². The SMILES string of the molecule is CC[C@@]1(O)C(=O)OCc2c1cc1n(c2=O)Cc2c-1nc1cc(F)c(C)c3c1c2[C@@H](OCCOCNC(=O)CNC(=O)[C@H](Cc1ccccc1)NC(=O)CNC(=O)CNC(=O)CCCCCN1C(=O)CC(SC)C1=O)CC3. The molecule has 0 bridgehead atoms. The van der Waals surface area contributed by atoms with Gasteiger partial charge < -0.3 is 50.5 Å². The Bertz CT molecular complexity index is 3030. The molecule has 0 saturated carbocycles. The number of nitrogens with zero attached hydrogens (tertiary/aromatic N) is 3. The highest BCUT2D eigenvalue weighted by Crippen LogP contribution is 2.47. The normalized spacial score (nSPS) is 18.6. The van der Waals surface area contributed by atoms with Crippen LogP contribution >= 0.6 is 11.8 Å². The van der Waals surface area contributed by atoms with Crippen molar-refractivity contribution in [1.29, 1.82) is 0 Å². The minimum atomic E-state index is -2.02.